The number of benzene rings is 1. The molecule has 1 aliphatic rings. The topological polar surface area (TPSA) is 83.4 Å². The van der Waals surface area contributed by atoms with Crippen LogP contribution in [0.4, 0.5) is 0 Å². The zero-order chi connectivity index (χ0) is 21.3. The number of likely N-dealkylation sites (tertiary alicyclic amines) is 1. The molecule has 1 aromatic carbocycles. The molecule has 1 N–H and O–H groups in total. The van der Waals surface area contributed by atoms with Gasteiger partial charge in [0.15, 0.2) is 0 Å². The molecule has 0 aliphatic carbocycles. The monoisotopic (exact) mass is 399 g/mol. The van der Waals surface area contributed by atoms with Crippen molar-refractivity contribution < 1.29 is 14.7 Å². The molecule has 6 nitrogen and oxygen atoms in total. The molecule has 1 atom stereocenters. The van der Waals surface area contributed by atoms with Crippen LogP contribution in [0.3, 0.4) is 0 Å². The Balaban J connectivity index is 1.86. The third-order valence-corrected chi connectivity index (χ3v) is 5.42. The first-order chi connectivity index (χ1) is 14.5. The smallest absolute Gasteiger partial charge is 0.295 e. The van der Waals surface area contributed by atoms with Crippen molar-refractivity contribution in [1.82, 2.24) is 14.9 Å². The van der Waals surface area contributed by atoms with Gasteiger partial charge in [-0.1, -0.05) is 18.2 Å². The third-order valence-electron chi connectivity index (χ3n) is 5.42. The number of aryl methyl sites for hydroxylation is 2. The highest BCUT2D eigenvalue weighted by Gasteiger charge is 2.46. The van der Waals surface area contributed by atoms with E-state index in [1.165, 1.54) is 4.90 Å². The normalized spacial score (nSPS) is 18.1. The van der Waals surface area contributed by atoms with Gasteiger partial charge in [0.2, 0.25) is 0 Å². The molecule has 0 saturated carbocycles. The van der Waals surface area contributed by atoms with Gasteiger partial charge >= 0.3 is 0 Å². The number of aromatic nitrogens is 2. The lowest BCUT2D eigenvalue weighted by atomic mass is 9.95. The van der Waals surface area contributed by atoms with Crippen LogP contribution >= 0.6 is 0 Å². The van der Waals surface area contributed by atoms with E-state index in [-0.39, 0.29) is 17.9 Å². The van der Waals surface area contributed by atoms with E-state index >= 15 is 0 Å². The Morgan fingerprint density at radius 1 is 1.00 bits per heavy atom. The summed E-state index contributed by atoms with van der Waals surface area (Å²) in [4.78, 5) is 35.6. The van der Waals surface area contributed by atoms with Gasteiger partial charge in [-0.05, 0) is 60.4 Å². The lowest BCUT2D eigenvalue weighted by Gasteiger charge is -2.25. The van der Waals surface area contributed by atoms with Crippen LogP contribution in [0.25, 0.3) is 5.76 Å². The molecule has 0 spiro atoms. The fourth-order valence-electron chi connectivity index (χ4n) is 3.66. The summed E-state index contributed by atoms with van der Waals surface area (Å²) < 4.78 is 0. The number of aliphatic hydroxyl groups is 1. The van der Waals surface area contributed by atoms with E-state index in [9.17, 15) is 14.7 Å². The van der Waals surface area contributed by atoms with Crippen LogP contribution in [0, 0.1) is 13.8 Å². The Labute approximate surface area is 174 Å². The van der Waals surface area contributed by atoms with E-state index in [4.69, 9.17) is 0 Å². The number of nitrogens with zero attached hydrogens (tertiary/aromatic N) is 3. The van der Waals surface area contributed by atoms with E-state index in [0.29, 0.717) is 11.1 Å². The minimum atomic E-state index is -0.728. The molecule has 0 radical (unpaired) electrons. The van der Waals surface area contributed by atoms with E-state index in [1.807, 2.05) is 26.0 Å². The van der Waals surface area contributed by atoms with Gasteiger partial charge in [0.05, 0.1) is 11.6 Å². The van der Waals surface area contributed by atoms with E-state index in [0.717, 1.165) is 16.7 Å². The SMILES string of the molecule is Cc1ccc(/C(O)=C2/C(=O)C(=O)N(Cc3ccncc3)C2c2cccnc2)cc1C. The van der Waals surface area contributed by atoms with Crippen LogP contribution in [-0.2, 0) is 16.1 Å². The van der Waals surface area contributed by atoms with Gasteiger partial charge in [-0.2, -0.15) is 0 Å². The lowest BCUT2D eigenvalue weighted by Crippen LogP contribution is -2.29. The first-order valence-electron chi connectivity index (χ1n) is 9.62. The number of ketones is 1. The number of amides is 1. The minimum Gasteiger partial charge on any atom is -0.507 e. The maximum atomic E-state index is 13.0. The highest BCUT2D eigenvalue weighted by Crippen LogP contribution is 2.40. The number of hydrogen-bond donors (Lipinski definition) is 1. The summed E-state index contributed by atoms with van der Waals surface area (Å²) in [5.41, 5.74) is 4.15. The molecule has 4 rings (SSSR count). The van der Waals surface area contributed by atoms with Crippen LogP contribution in [0.2, 0.25) is 0 Å². The second kappa shape index (κ2) is 7.91. The maximum absolute atomic E-state index is 13.0. The van der Waals surface area contributed by atoms with Crippen molar-refractivity contribution in [2.24, 2.45) is 0 Å². The fourth-order valence-corrected chi connectivity index (χ4v) is 3.66. The highest BCUT2D eigenvalue weighted by atomic mass is 16.3. The molecule has 30 heavy (non-hydrogen) atoms. The summed E-state index contributed by atoms with van der Waals surface area (Å²) in [7, 11) is 0. The second-order valence-corrected chi connectivity index (χ2v) is 7.37. The summed E-state index contributed by atoms with van der Waals surface area (Å²) in [5, 5.41) is 11.1. The van der Waals surface area contributed by atoms with E-state index in [2.05, 4.69) is 9.97 Å². The molecule has 3 aromatic rings. The number of aliphatic hydroxyl groups excluding tert-OH is 1. The van der Waals surface area contributed by atoms with Crippen molar-refractivity contribution >= 4 is 17.4 Å². The average Bonchev–Trinajstić information content (AvgIpc) is 3.01. The van der Waals surface area contributed by atoms with Crippen LogP contribution < -0.4 is 0 Å². The molecule has 0 bridgehead atoms. The Bertz CT molecular complexity index is 1140. The number of pyridine rings is 2. The van der Waals surface area contributed by atoms with Gasteiger partial charge < -0.3 is 10.0 Å². The zero-order valence-electron chi connectivity index (χ0n) is 16.7. The third kappa shape index (κ3) is 3.48. The van der Waals surface area contributed by atoms with Crippen molar-refractivity contribution in [3.05, 3.63) is 101 Å². The number of carbonyl (C=O) groups is 2. The van der Waals surface area contributed by atoms with Crippen molar-refractivity contribution in [1.29, 1.82) is 0 Å². The first kappa shape index (κ1) is 19.5. The van der Waals surface area contributed by atoms with Gasteiger partial charge in [-0.15, -0.1) is 0 Å². The number of hydrogen-bond acceptors (Lipinski definition) is 5. The van der Waals surface area contributed by atoms with Gasteiger partial charge in [-0.25, -0.2) is 0 Å². The summed E-state index contributed by atoms with van der Waals surface area (Å²) in [5.74, 6) is -1.53. The molecule has 1 amide bonds. The van der Waals surface area contributed by atoms with Crippen LogP contribution in [-0.4, -0.2) is 31.7 Å². The lowest BCUT2D eigenvalue weighted by molar-refractivity contribution is -0.140. The zero-order valence-corrected chi connectivity index (χ0v) is 16.7. The van der Waals surface area contributed by atoms with Crippen molar-refractivity contribution in [3.8, 4) is 0 Å². The van der Waals surface area contributed by atoms with E-state index in [1.54, 1.807) is 55.1 Å². The highest BCUT2D eigenvalue weighted by molar-refractivity contribution is 6.46. The fraction of sp³-hybridized carbons (Fsp3) is 0.167. The summed E-state index contributed by atoms with van der Waals surface area (Å²) in [6.07, 6.45) is 6.52. The molecule has 150 valence electrons. The number of Topliss-reactive ketones (excluding diaryl/α,β-unsaturated/α-hetero) is 1. The molecule has 1 saturated heterocycles. The van der Waals surface area contributed by atoms with Gasteiger partial charge in [-0.3, -0.25) is 19.6 Å². The largest absolute Gasteiger partial charge is 0.507 e. The number of rotatable bonds is 4. The van der Waals surface area contributed by atoms with Crippen molar-refractivity contribution in [2.45, 2.75) is 26.4 Å². The molecule has 2 aromatic heterocycles. The molecule has 1 fully saturated rings. The molecule has 6 heteroatoms. The number of carbonyl (C=O) groups excluding carboxylic acids is 2. The molecule has 1 aliphatic heterocycles. The van der Waals surface area contributed by atoms with Gasteiger partial charge in [0.1, 0.15) is 5.76 Å². The molecule has 1 unspecified atom stereocenters. The first-order valence-corrected chi connectivity index (χ1v) is 9.62. The molecular weight excluding hydrogens is 378 g/mol. The standard InChI is InChI=1S/C24H21N3O3/c1-15-5-6-18(12-16(15)2)22(28)20-21(19-4-3-9-26-13-19)27(24(30)23(20)29)14-17-7-10-25-11-8-17/h3-13,21,28H,14H2,1-2H3/b22-20-. The van der Waals surface area contributed by atoms with Gasteiger partial charge in [0.25, 0.3) is 11.7 Å². The Kier molecular flexibility index (Phi) is 5.14. The maximum Gasteiger partial charge on any atom is 0.295 e. The Morgan fingerprint density at radius 3 is 2.43 bits per heavy atom. The van der Waals surface area contributed by atoms with Crippen LogP contribution in [0.5, 0.6) is 0 Å². The average molecular weight is 399 g/mol. The van der Waals surface area contributed by atoms with Gasteiger partial charge in [0, 0.05) is 36.9 Å². The molecular formula is C24H21N3O3. The van der Waals surface area contributed by atoms with Crippen LogP contribution in [0.15, 0.2) is 72.8 Å². The quantitative estimate of drug-likeness (QED) is 0.411. The minimum absolute atomic E-state index is 0.0744. The van der Waals surface area contributed by atoms with Crippen molar-refractivity contribution in [3.63, 3.8) is 0 Å². The second-order valence-electron chi connectivity index (χ2n) is 7.37. The predicted molar refractivity (Wildman–Crippen MR) is 112 cm³/mol. The van der Waals surface area contributed by atoms with E-state index < -0.39 is 17.7 Å². The Morgan fingerprint density at radius 2 is 1.77 bits per heavy atom. The summed E-state index contributed by atoms with van der Waals surface area (Å²) in [6, 6.07) is 11.9. The predicted octanol–water partition coefficient (Wildman–Crippen LogP) is 3.72. The van der Waals surface area contributed by atoms with Crippen LogP contribution in [0.1, 0.15) is 33.9 Å². The summed E-state index contributed by atoms with van der Waals surface area (Å²) >= 11 is 0. The van der Waals surface area contributed by atoms with Crippen molar-refractivity contribution in [2.75, 3.05) is 0 Å². The molecule has 3 heterocycles. The Hall–Kier alpha value is -3.80. The summed E-state index contributed by atoms with van der Waals surface area (Å²) in [6.45, 7) is 4.13.